The molecular formula is C12H14ClIN2O3. The van der Waals surface area contributed by atoms with Crippen molar-refractivity contribution in [3.63, 3.8) is 0 Å². The molecule has 1 unspecified atom stereocenters. The first kappa shape index (κ1) is 16.0. The molecule has 0 spiro atoms. The van der Waals surface area contributed by atoms with Crippen LogP contribution in [0.25, 0.3) is 0 Å². The van der Waals surface area contributed by atoms with E-state index in [2.05, 4.69) is 10.6 Å². The van der Waals surface area contributed by atoms with Gasteiger partial charge in [-0.2, -0.15) is 0 Å². The quantitative estimate of drug-likeness (QED) is 0.668. The van der Waals surface area contributed by atoms with Crippen LogP contribution in [0, 0.1) is 3.57 Å². The molecule has 1 aromatic rings. The predicted molar refractivity (Wildman–Crippen MR) is 82.7 cm³/mol. The highest BCUT2D eigenvalue weighted by atomic mass is 127. The van der Waals surface area contributed by atoms with Crippen LogP contribution in [0.1, 0.15) is 19.8 Å². The van der Waals surface area contributed by atoms with Crippen LogP contribution in [0.15, 0.2) is 18.2 Å². The first-order chi connectivity index (χ1) is 8.93. The number of carbonyl (C=O) groups is 2. The molecule has 0 fully saturated rings. The van der Waals surface area contributed by atoms with Crippen molar-refractivity contribution in [1.29, 1.82) is 0 Å². The van der Waals surface area contributed by atoms with E-state index in [0.29, 0.717) is 23.6 Å². The largest absolute Gasteiger partial charge is 0.480 e. The van der Waals surface area contributed by atoms with E-state index in [0.717, 1.165) is 3.57 Å². The summed E-state index contributed by atoms with van der Waals surface area (Å²) in [6.45, 7) is 1.86. The Morgan fingerprint density at radius 1 is 1.47 bits per heavy atom. The number of hydrogen-bond donors (Lipinski definition) is 3. The van der Waals surface area contributed by atoms with Gasteiger partial charge in [0.1, 0.15) is 6.04 Å². The van der Waals surface area contributed by atoms with Gasteiger partial charge >= 0.3 is 12.0 Å². The number of amides is 2. The molecule has 0 saturated carbocycles. The molecule has 0 heterocycles. The molecular weight excluding hydrogens is 383 g/mol. The normalized spacial score (nSPS) is 11.7. The van der Waals surface area contributed by atoms with Crippen molar-refractivity contribution in [3.05, 3.63) is 26.8 Å². The SMILES string of the molecule is CCCC(NC(=O)Nc1ccc(Cl)cc1I)C(=O)O. The summed E-state index contributed by atoms with van der Waals surface area (Å²) in [5, 5.41) is 14.5. The summed E-state index contributed by atoms with van der Waals surface area (Å²) >= 11 is 7.85. The van der Waals surface area contributed by atoms with Crippen LogP contribution in [-0.4, -0.2) is 23.1 Å². The fourth-order valence-electron chi connectivity index (χ4n) is 1.45. The number of carbonyl (C=O) groups excluding carboxylic acids is 1. The van der Waals surface area contributed by atoms with Crippen LogP contribution in [0.5, 0.6) is 0 Å². The zero-order chi connectivity index (χ0) is 14.4. The number of benzene rings is 1. The molecule has 1 rings (SSSR count). The lowest BCUT2D eigenvalue weighted by molar-refractivity contribution is -0.139. The number of carboxylic acid groups (broad SMARTS) is 1. The highest BCUT2D eigenvalue weighted by Gasteiger charge is 2.18. The van der Waals surface area contributed by atoms with Gasteiger partial charge in [0.25, 0.3) is 0 Å². The minimum absolute atomic E-state index is 0.389. The van der Waals surface area contributed by atoms with Gasteiger partial charge in [-0.25, -0.2) is 9.59 Å². The number of halogens is 2. The third-order valence-electron chi connectivity index (χ3n) is 2.36. The van der Waals surface area contributed by atoms with Gasteiger partial charge in [-0.3, -0.25) is 0 Å². The Balaban J connectivity index is 2.66. The molecule has 19 heavy (non-hydrogen) atoms. The topological polar surface area (TPSA) is 78.4 Å². The Bertz CT molecular complexity index is 482. The first-order valence-corrected chi connectivity index (χ1v) is 7.15. The van der Waals surface area contributed by atoms with E-state index in [-0.39, 0.29) is 0 Å². The van der Waals surface area contributed by atoms with Crippen molar-refractivity contribution in [2.75, 3.05) is 5.32 Å². The van der Waals surface area contributed by atoms with E-state index in [4.69, 9.17) is 16.7 Å². The van der Waals surface area contributed by atoms with E-state index in [1.165, 1.54) is 0 Å². The Kier molecular flexibility index (Phi) is 6.36. The van der Waals surface area contributed by atoms with Gasteiger partial charge in [0.05, 0.1) is 5.69 Å². The minimum atomic E-state index is -1.04. The number of carboxylic acids is 1. The van der Waals surface area contributed by atoms with E-state index >= 15 is 0 Å². The summed E-state index contributed by atoms with van der Waals surface area (Å²) in [5.74, 6) is -1.04. The number of rotatable bonds is 5. The molecule has 0 aromatic heterocycles. The van der Waals surface area contributed by atoms with Crippen molar-refractivity contribution < 1.29 is 14.7 Å². The lowest BCUT2D eigenvalue weighted by atomic mass is 10.2. The molecule has 0 aliphatic carbocycles. The summed E-state index contributed by atoms with van der Waals surface area (Å²) < 4.78 is 0.780. The smallest absolute Gasteiger partial charge is 0.326 e. The maximum Gasteiger partial charge on any atom is 0.326 e. The fraction of sp³-hybridized carbons (Fsp3) is 0.333. The molecule has 0 radical (unpaired) electrons. The predicted octanol–water partition coefficient (Wildman–Crippen LogP) is 3.32. The monoisotopic (exact) mass is 396 g/mol. The number of anilines is 1. The zero-order valence-corrected chi connectivity index (χ0v) is 13.2. The van der Waals surface area contributed by atoms with Gasteiger partial charge in [-0.1, -0.05) is 24.9 Å². The summed E-state index contributed by atoms with van der Waals surface area (Å²) in [6.07, 6.45) is 1.07. The van der Waals surface area contributed by atoms with Crippen LogP contribution in [-0.2, 0) is 4.79 Å². The third kappa shape index (κ3) is 5.23. The van der Waals surface area contributed by atoms with Crippen molar-refractivity contribution >= 4 is 51.9 Å². The second-order valence-electron chi connectivity index (χ2n) is 3.90. The van der Waals surface area contributed by atoms with Crippen molar-refractivity contribution in [1.82, 2.24) is 5.32 Å². The highest BCUT2D eigenvalue weighted by Crippen LogP contribution is 2.22. The third-order valence-corrected chi connectivity index (χ3v) is 3.49. The van der Waals surface area contributed by atoms with E-state index in [1.807, 2.05) is 29.5 Å². The number of nitrogens with one attached hydrogen (secondary N) is 2. The van der Waals surface area contributed by atoms with Crippen LogP contribution >= 0.6 is 34.2 Å². The van der Waals surface area contributed by atoms with Gasteiger partial charge in [-0.15, -0.1) is 0 Å². The standard InChI is InChI=1S/C12H14ClIN2O3/c1-2-3-10(11(17)18)16-12(19)15-9-5-4-7(13)6-8(9)14/h4-6,10H,2-3H2,1H3,(H,17,18)(H2,15,16,19). The minimum Gasteiger partial charge on any atom is -0.480 e. The van der Waals surface area contributed by atoms with E-state index in [1.54, 1.807) is 18.2 Å². The van der Waals surface area contributed by atoms with Crippen LogP contribution in [0.3, 0.4) is 0 Å². The summed E-state index contributed by atoms with van der Waals surface area (Å²) in [7, 11) is 0. The lowest BCUT2D eigenvalue weighted by Gasteiger charge is -2.15. The molecule has 7 heteroatoms. The second-order valence-corrected chi connectivity index (χ2v) is 5.50. The van der Waals surface area contributed by atoms with E-state index < -0.39 is 18.0 Å². The summed E-state index contributed by atoms with van der Waals surface area (Å²) in [4.78, 5) is 22.6. The second kappa shape index (κ2) is 7.54. The summed E-state index contributed by atoms with van der Waals surface area (Å²) in [5.41, 5.74) is 0.586. The number of hydrogen-bond acceptors (Lipinski definition) is 2. The Morgan fingerprint density at radius 3 is 2.68 bits per heavy atom. The van der Waals surface area contributed by atoms with Crippen molar-refractivity contribution in [3.8, 4) is 0 Å². The molecule has 0 aliphatic heterocycles. The van der Waals surface area contributed by atoms with Crippen molar-refractivity contribution in [2.45, 2.75) is 25.8 Å². The zero-order valence-electron chi connectivity index (χ0n) is 10.2. The van der Waals surface area contributed by atoms with Crippen molar-refractivity contribution in [2.24, 2.45) is 0 Å². The summed E-state index contributed by atoms with van der Waals surface area (Å²) in [6, 6.07) is 3.61. The molecule has 0 saturated heterocycles. The maximum absolute atomic E-state index is 11.7. The van der Waals surface area contributed by atoms with Gasteiger partial charge in [0, 0.05) is 8.59 Å². The van der Waals surface area contributed by atoms with Gasteiger partial charge in [0.2, 0.25) is 0 Å². The van der Waals surface area contributed by atoms with Gasteiger partial charge in [-0.05, 0) is 47.2 Å². The highest BCUT2D eigenvalue weighted by molar-refractivity contribution is 14.1. The number of aliphatic carboxylic acids is 1. The fourth-order valence-corrected chi connectivity index (χ4v) is 2.46. The maximum atomic E-state index is 11.7. The van der Waals surface area contributed by atoms with Gasteiger partial charge in [0.15, 0.2) is 0 Å². The average Bonchev–Trinajstić information content (AvgIpc) is 2.32. The Labute approximate surface area is 129 Å². The Morgan fingerprint density at radius 2 is 2.16 bits per heavy atom. The number of urea groups is 1. The molecule has 5 nitrogen and oxygen atoms in total. The molecule has 1 aromatic carbocycles. The molecule has 2 amide bonds. The molecule has 104 valence electrons. The molecule has 3 N–H and O–H groups in total. The molecule has 0 aliphatic rings. The molecule has 0 bridgehead atoms. The lowest BCUT2D eigenvalue weighted by Crippen LogP contribution is -2.42. The van der Waals surface area contributed by atoms with Crippen LogP contribution in [0.2, 0.25) is 5.02 Å². The Hall–Kier alpha value is -1.02. The average molecular weight is 397 g/mol. The van der Waals surface area contributed by atoms with Gasteiger partial charge < -0.3 is 15.7 Å². The first-order valence-electron chi connectivity index (χ1n) is 5.69. The molecule has 1 atom stereocenters. The van der Waals surface area contributed by atoms with Crippen LogP contribution < -0.4 is 10.6 Å². The van der Waals surface area contributed by atoms with E-state index in [9.17, 15) is 9.59 Å². The van der Waals surface area contributed by atoms with Crippen LogP contribution in [0.4, 0.5) is 10.5 Å².